The highest BCUT2D eigenvalue weighted by Gasteiger charge is 2.28. The zero-order chi connectivity index (χ0) is 25.2. The number of carbonyl (C=O) groups excluding carboxylic acids is 2. The van der Waals surface area contributed by atoms with Crippen LogP contribution in [0.15, 0.2) is 71.6 Å². The lowest BCUT2D eigenvalue weighted by Crippen LogP contribution is -2.50. The molecule has 0 unspecified atom stereocenters. The Labute approximate surface area is 202 Å². The molecule has 3 aromatic carbocycles. The van der Waals surface area contributed by atoms with Gasteiger partial charge in [-0.2, -0.15) is 0 Å². The maximum atomic E-state index is 13.9. The highest BCUT2D eigenvalue weighted by molar-refractivity contribution is 7.92. The van der Waals surface area contributed by atoms with E-state index in [4.69, 9.17) is 0 Å². The molecule has 0 aliphatic carbocycles. The third-order valence-electron chi connectivity index (χ3n) is 5.80. The quantitative estimate of drug-likeness (QED) is 0.581. The molecule has 1 N–H and O–H groups in total. The molecule has 1 saturated heterocycles. The van der Waals surface area contributed by atoms with Crippen molar-refractivity contribution in [3.63, 3.8) is 0 Å². The summed E-state index contributed by atoms with van der Waals surface area (Å²) in [6, 6.07) is 14.9. The van der Waals surface area contributed by atoms with Gasteiger partial charge in [-0.15, -0.1) is 0 Å². The zero-order valence-electron chi connectivity index (χ0n) is 18.9. The molecule has 35 heavy (non-hydrogen) atoms. The lowest BCUT2D eigenvalue weighted by molar-refractivity contribution is 0.0536. The summed E-state index contributed by atoms with van der Waals surface area (Å²) in [5, 5.41) is 0. The minimum atomic E-state index is -4.05. The number of halogens is 2. The van der Waals surface area contributed by atoms with Crippen molar-refractivity contribution in [1.82, 2.24) is 9.80 Å². The van der Waals surface area contributed by atoms with Crippen LogP contribution in [0.3, 0.4) is 0 Å². The van der Waals surface area contributed by atoms with E-state index < -0.39 is 27.6 Å². The Morgan fingerprint density at radius 3 is 2.06 bits per heavy atom. The van der Waals surface area contributed by atoms with E-state index in [2.05, 4.69) is 4.72 Å². The number of piperazine rings is 1. The summed E-state index contributed by atoms with van der Waals surface area (Å²) in [7, 11) is -4.05. The van der Waals surface area contributed by atoms with Gasteiger partial charge in [0, 0.05) is 31.7 Å². The highest BCUT2D eigenvalue weighted by Crippen LogP contribution is 2.23. The molecule has 3 aromatic rings. The topological polar surface area (TPSA) is 86.8 Å². The van der Waals surface area contributed by atoms with Gasteiger partial charge in [-0.1, -0.05) is 18.2 Å². The molecule has 182 valence electrons. The van der Waals surface area contributed by atoms with E-state index in [1.807, 2.05) is 0 Å². The van der Waals surface area contributed by atoms with Crippen LogP contribution in [0, 0.1) is 18.6 Å². The summed E-state index contributed by atoms with van der Waals surface area (Å²) in [6.07, 6.45) is 0. The number of carbonyl (C=O) groups is 2. The third-order valence-corrected chi connectivity index (χ3v) is 7.18. The summed E-state index contributed by atoms with van der Waals surface area (Å²) in [5.41, 5.74) is 0.938. The van der Waals surface area contributed by atoms with Crippen molar-refractivity contribution in [2.45, 2.75) is 11.8 Å². The van der Waals surface area contributed by atoms with Gasteiger partial charge in [-0.05, 0) is 61.0 Å². The number of rotatable bonds is 5. The zero-order valence-corrected chi connectivity index (χ0v) is 19.7. The van der Waals surface area contributed by atoms with Gasteiger partial charge in [0.05, 0.1) is 16.1 Å². The van der Waals surface area contributed by atoms with E-state index in [1.165, 1.54) is 23.1 Å². The van der Waals surface area contributed by atoms with E-state index >= 15 is 0 Å². The first-order valence-electron chi connectivity index (χ1n) is 10.9. The van der Waals surface area contributed by atoms with Crippen LogP contribution >= 0.6 is 0 Å². The fourth-order valence-electron chi connectivity index (χ4n) is 3.77. The summed E-state index contributed by atoms with van der Waals surface area (Å²) in [6.45, 7) is 2.59. The molecule has 0 bridgehead atoms. The molecule has 0 saturated carbocycles. The molecule has 4 rings (SSSR count). The van der Waals surface area contributed by atoms with Crippen molar-refractivity contribution in [2.75, 3.05) is 30.9 Å². The maximum absolute atomic E-state index is 13.9. The fraction of sp³-hybridized carbons (Fsp3) is 0.200. The first kappa shape index (κ1) is 24.3. The van der Waals surface area contributed by atoms with Crippen LogP contribution in [0.25, 0.3) is 0 Å². The van der Waals surface area contributed by atoms with Gasteiger partial charge in [-0.25, -0.2) is 17.2 Å². The molecule has 1 heterocycles. The Bertz CT molecular complexity index is 1370. The van der Waals surface area contributed by atoms with Gasteiger partial charge in [0.25, 0.3) is 21.8 Å². The monoisotopic (exact) mass is 499 g/mol. The Hall–Kier alpha value is -3.79. The van der Waals surface area contributed by atoms with Crippen LogP contribution in [-0.2, 0) is 10.0 Å². The molecule has 2 amide bonds. The van der Waals surface area contributed by atoms with Crippen molar-refractivity contribution in [3.05, 3.63) is 95.1 Å². The molecule has 0 spiro atoms. The van der Waals surface area contributed by atoms with E-state index in [0.29, 0.717) is 5.56 Å². The number of amides is 2. The highest BCUT2D eigenvalue weighted by atomic mass is 32.2. The fourth-order valence-corrected chi connectivity index (χ4v) is 4.85. The summed E-state index contributed by atoms with van der Waals surface area (Å²) in [5.74, 6) is -1.73. The smallest absolute Gasteiger partial charge is 0.261 e. The van der Waals surface area contributed by atoms with Crippen molar-refractivity contribution < 1.29 is 26.8 Å². The van der Waals surface area contributed by atoms with E-state index in [-0.39, 0.29) is 53.8 Å². The van der Waals surface area contributed by atoms with Crippen molar-refractivity contribution in [3.8, 4) is 0 Å². The summed E-state index contributed by atoms with van der Waals surface area (Å²) in [4.78, 5) is 28.9. The van der Waals surface area contributed by atoms with Gasteiger partial charge >= 0.3 is 0 Å². The molecule has 7 nitrogen and oxygen atoms in total. The molecule has 0 aromatic heterocycles. The molecule has 0 radical (unpaired) electrons. The third kappa shape index (κ3) is 5.32. The summed E-state index contributed by atoms with van der Waals surface area (Å²) < 4.78 is 54.9. The van der Waals surface area contributed by atoms with Crippen LogP contribution in [0.1, 0.15) is 26.3 Å². The predicted molar refractivity (Wildman–Crippen MR) is 127 cm³/mol. The maximum Gasteiger partial charge on any atom is 0.261 e. The second-order valence-corrected chi connectivity index (χ2v) is 9.84. The minimum Gasteiger partial charge on any atom is -0.335 e. The number of anilines is 1. The summed E-state index contributed by atoms with van der Waals surface area (Å²) >= 11 is 0. The van der Waals surface area contributed by atoms with Gasteiger partial charge in [-0.3, -0.25) is 14.3 Å². The van der Waals surface area contributed by atoms with Crippen molar-refractivity contribution in [1.29, 1.82) is 0 Å². The standard InChI is InChI=1S/C25H23F2N3O4S/c1-17-6-7-18(16-22(17)27)24(31)29-12-14-30(15-13-29)25(32)21-4-2-3-5-23(21)28-35(33,34)20-10-8-19(26)9-11-20/h2-11,16,28H,12-15H2,1H3. The molecular formula is C25H23F2N3O4S. The first-order valence-corrected chi connectivity index (χ1v) is 12.4. The Morgan fingerprint density at radius 1 is 0.829 bits per heavy atom. The molecule has 1 fully saturated rings. The average molecular weight is 500 g/mol. The number of para-hydroxylation sites is 1. The Balaban J connectivity index is 1.46. The van der Waals surface area contributed by atoms with Gasteiger partial charge in [0.2, 0.25) is 0 Å². The van der Waals surface area contributed by atoms with Gasteiger partial charge in [0.1, 0.15) is 11.6 Å². The predicted octanol–water partition coefficient (Wildman–Crippen LogP) is 3.67. The number of hydrogen-bond donors (Lipinski definition) is 1. The van der Waals surface area contributed by atoms with Crippen LogP contribution in [0.4, 0.5) is 14.5 Å². The number of aryl methyl sites for hydroxylation is 1. The molecule has 0 atom stereocenters. The number of benzene rings is 3. The van der Waals surface area contributed by atoms with Crippen LogP contribution in [-0.4, -0.2) is 56.2 Å². The lowest BCUT2D eigenvalue weighted by atomic mass is 10.1. The number of nitrogens with one attached hydrogen (secondary N) is 1. The largest absolute Gasteiger partial charge is 0.335 e. The number of hydrogen-bond acceptors (Lipinski definition) is 4. The second-order valence-electron chi connectivity index (χ2n) is 8.15. The molecule has 10 heteroatoms. The number of nitrogens with zero attached hydrogens (tertiary/aromatic N) is 2. The first-order chi connectivity index (χ1) is 16.7. The number of sulfonamides is 1. The Kier molecular flexibility index (Phi) is 6.83. The lowest BCUT2D eigenvalue weighted by Gasteiger charge is -2.35. The van der Waals surface area contributed by atoms with Crippen molar-refractivity contribution >= 4 is 27.5 Å². The molecular weight excluding hydrogens is 476 g/mol. The van der Waals surface area contributed by atoms with Crippen LogP contribution < -0.4 is 4.72 Å². The van der Waals surface area contributed by atoms with Gasteiger partial charge in [0.15, 0.2) is 0 Å². The second kappa shape index (κ2) is 9.83. The normalized spacial score (nSPS) is 14.0. The average Bonchev–Trinajstić information content (AvgIpc) is 2.85. The van der Waals surface area contributed by atoms with E-state index in [0.717, 1.165) is 24.3 Å². The SMILES string of the molecule is Cc1ccc(C(=O)N2CCN(C(=O)c3ccccc3NS(=O)(=O)c3ccc(F)cc3)CC2)cc1F. The van der Waals surface area contributed by atoms with E-state index in [9.17, 15) is 26.8 Å². The van der Waals surface area contributed by atoms with Gasteiger partial charge < -0.3 is 9.80 Å². The van der Waals surface area contributed by atoms with Crippen LogP contribution in [0.2, 0.25) is 0 Å². The molecule has 1 aliphatic rings. The van der Waals surface area contributed by atoms with Crippen LogP contribution in [0.5, 0.6) is 0 Å². The van der Waals surface area contributed by atoms with E-state index in [1.54, 1.807) is 36.1 Å². The van der Waals surface area contributed by atoms with Crippen molar-refractivity contribution in [2.24, 2.45) is 0 Å². The minimum absolute atomic E-state index is 0.0930. The Morgan fingerprint density at radius 2 is 1.43 bits per heavy atom. The molecule has 1 aliphatic heterocycles.